The second-order valence-electron chi connectivity index (χ2n) is 5.82. The van der Waals surface area contributed by atoms with Crippen molar-refractivity contribution in [2.75, 3.05) is 13.1 Å². The number of hydrogen-bond acceptors (Lipinski definition) is 4. The highest BCUT2D eigenvalue weighted by atomic mass is 35.5. The summed E-state index contributed by atoms with van der Waals surface area (Å²) in [5.74, 6) is 1.17. The minimum atomic E-state index is 0.322. The summed E-state index contributed by atoms with van der Waals surface area (Å²) in [5, 5.41) is 0.712. The van der Waals surface area contributed by atoms with Gasteiger partial charge in [-0.25, -0.2) is 4.98 Å². The first-order valence-corrected chi connectivity index (χ1v) is 7.68. The lowest BCUT2D eigenvalue weighted by Gasteiger charge is -2.34. The number of piperidine rings is 1. The monoisotopic (exact) mass is 305 g/mol. The average molecular weight is 306 g/mol. The molecule has 2 unspecified atom stereocenters. The van der Waals surface area contributed by atoms with Crippen molar-refractivity contribution in [1.29, 1.82) is 0 Å². The van der Waals surface area contributed by atoms with Gasteiger partial charge in [0.25, 0.3) is 0 Å². The third-order valence-corrected chi connectivity index (χ3v) is 4.34. The minimum Gasteiger partial charge on any atom is -0.444 e. The standard InChI is InChI=1S/C16H20ClN3O/c1-11-8-20(7-6-15(11)18)9-14-10-21-16(19-14)12-2-4-13(17)5-3-12/h2-5,10-11,15H,6-9,18H2,1H3. The van der Waals surface area contributed by atoms with Gasteiger partial charge in [-0.15, -0.1) is 0 Å². The highest BCUT2D eigenvalue weighted by molar-refractivity contribution is 6.30. The lowest BCUT2D eigenvalue weighted by atomic mass is 9.95. The number of nitrogens with zero attached hydrogens (tertiary/aromatic N) is 2. The van der Waals surface area contributed by atoms with Crippen LogP contribution in [0.1, 0.15) is 19.0 Å². The van der Waals surface area contributed by atoms with Gasteiger partial charge in [0.2, 0.25) is 5.89 Å². The number of aromatic nitrogens is 1. The Labute approximate surface area is 129 Å². The largest absolute Gasteiger partial charge is 0.444 e. The fraction of sp³-hybridized carbons (Fsp3) is 0.438. The van der Waals surface area contributed by atoms with Crippen molar-refractivity contribution < 1.29 is 4.42 Å². The van der Waals surface area contributed by atoms with Crippen molar-refractivity contribution in [3.05, 3.63) is 41.2 Å². The van der Waals surface area contributed by atoms with E-state index in [0.29, 0.717) is 22.9 Å². The smallest absolute Gasteiger partial charge is 0.226 e. The van der Waals surface area contributed by atoms with E-state index in [2.05, 4.69) is 16.8 Å². The van der Waals surface area contributed by atoms with Gasteiger partial charge in [0.05, 0.1) is 5.69 Å². The minimum absolute atomic E-state index is 0.322. The molecular formula is C16H20ClN3O. The van der Waals surface area contributed by atoms with Gasteiger partial charge in [-0.1, -0.05) is 18.5 Å². The molecule has 112 valence electrons. The fourth-order valence-electron chi connectivity index (χ4n) is 2.73. The number of oxazole rings is 1. The zero-order chi connectivity index (χ0) is 14.8. The summed E-state index contributed by atoms with van der Waals surface area (Å²) in [5.41, 5.74) is 7.96. The summed E-state index contributed by atoms with van der Waals surface area (Å²) in [4.78, 5) is 6.95. The van der Waals surface area contributed by atoms with Gasteiger partial charge >= 0.3 is 0 Å². The first-order valence-electron chi connectivity index (χ1n) is 7.30. The summed E-state index contributed by atoms with van der Waals surface area (Å²) in [6.07, 6.45) is 2.78. The molecule has 5 heteroatoms. The van der Waals surface area contributed by atoms with E-state index in [1.54, 1.807) is 6.26 Å². The first kappa shape index (κ1) is 14.6. The number of likely N-dealkylation sites (tertiary alicyclic amines) is 1. The number of halogens is 1. The summed E-state index contributed by atoms with van der Waals surface area (Å²) < 4.78 is 5.57. The van der Waals surface area contributed by atoms with Crippen LogP contribution < -0.4 is 5.73 Å². The van der Waals surface area contributed by atoms with E-state index >= 15 is 0 Å². The quantitative estimate of drug-likeness (QED) is 0.946. The van der Waals surface area contributed by atoms with Crippen LogP contribution in [0.4, 0.5) is 0 Å². The molecule has 1 aromatic carbocycles. The summed E-state index contributed by atoms with van der Waals surface area (Å²) >= 11 is 5.89. The zero-order valence-electron chi connectivity index (χ0n) is 12.1. The highest BCUT2D eigenvalue weighted by Gasteiger charge is 2.23. The molecule has 1 saturated heterocycles. The third-order valence-electron chi connectivity index (χ3n) is 4.08. The van der Waals surface area contributed by atoms with E-state index in [-0.39, 0.29) is 0 Å². The van der Waals surface area contributed by atoms with Crippen molar-refractivity contribution in [3.8, 4) is 11.5 Å². The van der Waals surface area contributed by atoms with Crippen molar-refractivity contribution in [1.82, 2.24) is 9.88 Å². The van der Waals surface area contributed by atoms with Crippen LogP contribution >= 0.6 is 11.6 Å². The maximum absolute atomic E-state index is 6.05. The lowest BCUT2D eigenvalue weighted by molar-refractivity contribution is 0.156. The van der Waals surface area contributed by atoms with E-state index in [1.807, 2.05) is 24.3 Å². The molecule has 0 bridgehead atoms. The van der Waals surface area contributed by atoms with Gasteiger partial charge in [0, 0.05) is 36.3 Å². The SMILES string of the molecule is CC1CN(Cc2coc(-c3ccc(Cl)cc3)n2)CCC1N. The Morgan fingerprint density at radius 1 is 1.38 bits per heavy atom. The van der Waals surface area contributed by atoms with Crippen LogP contribution in [0.15, 0.2) is 34.9 Å². The van der Waals surface area contributed by atoms with Crippen LogP contribution in [0.25, 0.3) is 11.5 Å². The number of nitrogens with two attached hydrogens (primary N) is 1. The van der Waals surface area contributed by atoms with E-state index in [9.17, 15) is 0 Å². The molecule has 0 amide bonds. The first-order chi connectivity index (χ1) is 10.1. The molecule has 2 heterocycles. The Bertz CT molecular complexity index is 596. The van der Waals surface area contributed by atoms with Crippen LogP contribution in [0.2, 0.25) is 5.02 Å². The molecule has 1 aromatic heterocycles. The van der Waals surface area contributed by atoms with Crippen LogP contribution in [0, 0.1) is 5.92 Å². The Morgan fingerprint density at radius 2 is 2.14 bits per heavy atom. The molecule has 0 saturated carbocycles. The fourth-order valence-corrected chi connectivity index (χ4v) is 2.85. The van der Waals surface area contributed by atoms with Crippen LogP contribution in [0.3, 0.4) is 0 Å². The molecule has 1 fully saturated rings. The third kappa shape index (κ3) is 3.46. The van der Waals surface area contributed by atoms with Crippen LogP contribution in [-0.2, 0) is 6.54 Å². The Kier molecular flexibility index (Phi) is 4.29. The molecular weight excluding hydrogens is 286 g/mol. The van der Waals surface area contributed by atoms with Crippen molar-refractivity contribution >= 4 is 11.6 Å². The molecule has 0 aliphatic carbocycles. The molecule has 4 nitrogen and oxygen atoms in total. The molecule has 1 aliphatic heterocycles. The zero-order valence-corrected chi connectivity index (χ0v) is 12.9. The lowest BCUT2D eigenvalue weighted by Crippen LogP contribution is -2.45. The molecule has 2 N–H and O–H groups in total. The van der Waals surface area contributed by atoms with Crippen LogP contribution in [0.5, 0.6) is 0 Å². The second kappa shape index (κ2) is 6.18. The van der Waals surface area contributed by atoms with E-state index in [0.717, 1.165) is 37.3 Å². The van der Waals surface area contributed by atoms with E-state index in [1.165, 1.54) is 0 Å². The van der Waals surface area contributed by atoms with Gasteiger partial charge in [0.15, 0.2) is 0 Å². The van der Waals surface area contributed by atoms with E-state index in [4.69, 9.17) is 21.8 Å². The summed E-state index contributed by atoms with van der Waals surface area (Å²) in [6.45, 7) is 5.06. The molecule has 2 aromatic rings. The van der Waals surface area contributed by atoms with Crippen molar-refractivity contribution in [2.45, 2.75) is 25.9 Å². The molecule has 2 atom stereocenters. The van der Waals surface area contributed by atoms with Gasteiger partial charge in [-0.05, 0) is 36.6 Å². The predicted molar refractivity (Wildman–Crippen MR) is 84.0 cm³/mol. The molecule has 1 aliphatic rings. The maximum Gasteiger partial charge on any atom is 0.226 e. The number of hydrogen-bond donors (Lipinski definition) is 1. The molecule has 0 radical (unpaired) electrons. The normalized spacial score (nSPS) is 23.4. The molecule has 21 heavy (non-hydrogen) atoms. The second-order valence-corrected chi connectivity index (χ2v) is 6.25. The number of rotatable bonds is 3. The van der Waals surface area contributed by atoms with E-state index < -0.39 is 0 Å². The molecule has 3 rings (SSSR count). The summed E-state index contributed by atoms with van der Waals surface area (Å²) in [7, 11) is 0. The van der Waals surface area contributed by atoms with Crippen molar-refractivity contribution in [3.63, 3.8) is 0 Å². The summed E-state index contributed by atoms with van der Waals surface area (Å²) in [6, 6.07) is 7.84. The van der Waals surface area contributed by atoms with Crippen LogP contribution in [-0.4, -0.2) is 29.0 Å². The van der Waals surface area contributed by atoms with Gasteiger partial charge in [-0.2, -0.15) is 0 Å². The Morgan fingerprint density at radius 3 is 2.86 bits per heavy atom. The van der Waals surface area contributed by atoms with Crippen molar-refractivity contribution in [2.24, 2.45) is 11.7 Å². The Balaban J connectivity index is 1.66. The maximum atomic E-state index is 6.05. The number of benzene rings is 1. The van der Waals surface area contributed by atoms with Gasteiger partial charge < -0.3 is 10.2 Å². The Hall–Kier alpha value is -1.36. The predicted octanol–water partition coefficient (Wildman–Crippen LogP) is 3.16. The molecule has 0 spiro atoms. The van der Waals surface area contributed by atoms with Gasteiger partial charge in [-0.3, -0.25) is 4.90 Å². The highest BCUT2D eigenvalue weighted by Crippen LogP contribution is 2.22. The van der Waals surface area contributed by atoms with Gasteiger partial charge in [0.1, 0.15) is 6.26 Å². The average Bonchev–Trinajstić information content (AvgIpc) is 2.92. The topological polar surface area (TPSA) is 55.3 Å².